The zero-order chi connectivity index (χ0) is 24.4. The first kappa shape index (κ1) is 23.5. The lowest BCUT2D eigenvalue weighted by Gasteiger charge is -2.43. The highest BCUT2D eigenvalue weighted by Gasteiger charge is 2.47. The number of halogens is 1. The molecular formula is C27H29FN4O2S. The number of aromatic nitrogens is 2. The predicted octanol–water partition coefficient (Wildman–Crippen LogP) is 5.17. The van der Waals surface area contributed by atoms with Gasteiger partial charge in [-0.3, -0.25) is 14.3 Å². The average Bonchev–Trinajstić information content (AvgIpc) is 3.54. The van der Waals surface area contributed by atoms with Crippen molar-refractivity contribution < 1.29 is 14.0 Å². The Kier molecular flexibility index (Phi) is 6.56. The van der Waals surface area contributed by atoms with E-state index in [0.717, 1.165) is 35.4 Å². The van der Waals surface area contributed by atoms with E-state index in [9.17, 15) is 14.0 Å². The maximum absolute atomic E-state index is 13.7. The van der Waals surface area contributed by atoms with Gasteiger partial charge < -0.3 is 10.2 Å². The number of benzene rings is 1. The number of fused-ring (bicyclic) bond motifs is 1. The molecule has 35 heavy (non-hydrogen) atoms. The SMILES string of the molecule is CC1(C(=O)NCc2ccc(F)cc2)Cn2nc(-c3cccs3)cc2C(=O)N1CCC1=CCCCC1. The summed E-state index contributed by atoms with van der Waals surface area (Å²) in [6.07, 6.45) is 7.56. The summed E-state index contributed by atoms with van der Waals surface area (Å²) < 4.78 is 14.9. The van der Waals surface area contributed by atoms with Crippen LogP contribution < -0.4 is 5.32 Å². The number of amides is 2. The number of nitrogens with one attached hydrogen (secondary N) is 1. The second-order valence-corrected chi connectivity index (χ2v) is 10.4. The Balaban J connectivity index is 1.42. The molecule has 182 valence electrons. The van der Waals surface area contributed by atoms with Gasteiger partial charge in [0, 0.05) is 13.1 Å². The summed E-state index contributed by atoms with van der Waals surface area (Å²) in [6.45, 7) is 2.82. The summed E-state index contributed by atoms with van der Waals surface area (Å²) in [6, 6.07) is 11.8. The molecule has 6 nitrogen and oxygen atoms in total. The lowest BCUT2D eigenvalue weighted by molar-refractivity contribution is -0.133. The van der Waals surface area contributed by atoms with E-state index < -0.39 is 5.54 Å². The van der Waals surface area contributed by atoms with Crippen molar-refractivity contribution in [2.24, 2.45) is 0 Å². The van der Waals surface area contributed by atoms with Crippen LogP contribution in [0.25, 0.3) is 10.6 Å². The van der Waals surface area contributed by atoms with Gasteiger partial charge in [-0.15, -0.1) is 11.3 Å². The maximum Gasteiger partial charge on any atom is 0.273 e. The molecule has 0 fully saturated rings. The molecule has 5 rings (SSSR count). The third kappa shape index (κ3) is 4.80. The molecule has 2 aromatic heterocycles. The van der Waals surface area contributed by atoms with Gasteiger partial charge in [-0.05, 0) is 74.2 Å². The normalized spacial score (nSPS) is 19.9. The number of allylic oxidation sites excluding steroid dienone is 1. The summed E-state index contributed by atoms with van der Waals surface area (Å²) in [4.78, 5) is 30.0. The lowest BCUT2D eigenvalue weighted by atomic mass is 9.92. The van der Waals surface area contributed by atoms with E-state index in [4.69, 9.17) is 0 Å². The molecule has 0 spiro atoms. The summed E-state index contributed by atoms with van der Waals surface area (Å²) in [5, 5.41) is 9.63. The van der Waals surface area contributed by atoms with Crippen molar-refractivity contribution in [3.63, 3.8) is 0 Å². The molecule has 1 aliphatic carbocycles. The summed E-state index contributed by atoms with van der Waals surface area (Å²) in [7, 11) is 0. The largest absolute Gasteiger partial charge is 0.350 e. The molecule has 1 atom stereocenters. The van der Waals surface area contributed by atoms with Crippen LogP contribution in [0.4, 0.5) is 4.39 Å². The fourth-order valence-electron chi connectivity index (χ4n) is 4.90. The van der Waals surface area contributed by atoms with Crippen LogP contribution in [0.1, 0.15) is 55.1 Å². The van der Waals surface area contributed by atoms with Crippen molar-refractivity contribution in [2.45, 2.75) is 57.7 Å². The van der Waals surface area contributed by atoms with E-state index in [1.54, 1.807) is 33.1 Å². The number of carbonyl (C=O) groups excluding carboxylic acids is 2. The Morgan fingerprint density at radius 1 is 1.23 bits per heavy atom. The second-order valence-electron chi connectivity index (χ2n) is 9.45. The van der Waals surface area contributed by atoms with Crippen molar-refractivity contribution in [2.75, 3.05) is 6.54 Å². The van der Waals surface area contributed by atoms with Gasteiger partial charge in [0.25, 0.3) is 5.91 Å². The van der Waals surface area contributed by atoms with Crippen LogP contribution in [0.3, 0.4) is 0 Å². The Labute approximate surface area is 208 Å². The van der Waals surface area contributed by atoms with Crippen molar-refractivity contribution in [1.82, 2.24) is 20.0 Å². The molecule has 1 aliphatic heterocycles. The minimum Gasteiger partial charge on any atom is -0.350 e. The highest BCUT2D eigenvalue weighted by atomic mass is 32.1. The quantitative estimate of drug-likeness (QED) is 0.463. The molecule has 0 radical (unpaired) electrons. The first-order valence-corrected chi connectivity index (χ1v) is 13.0. The molecule has 3 aromatic rings. The van der Waals surface area contributed by atoms with Gasteiger partial charge in [0.05, 0.1) is 11.4 Å². The molecule has 8 heteroatoms. The Morgan fingerprint density at radius 3 is 2.77 bits per heavy atom. The third-order valence-corrected chi connectivity index (χ3v) is 7.86. The molecule has 1 unspecified atom stereocenters. The van der Waals surface area contributed by atoms with Crippen molar-refractivity contribution in [3.05, 3.63) is 76.6 Å². The molecule has 3 heterocycles. The van der Waals surface area contributed by atoms with Gasteiger partial charge in [0.15, 0.2) is 0 Å². The Morgan fingerprint density at radius 2 is 2.06 bits per heavy atom. The molecule has 1 aromatic carbocycles. The van der Waals surface area contributed by atoms with Gasteiger partial charge >= 0.3 is 0 Å². The minimum atomic E-state index is -1.10. The molecule has 0 saturated carbocycles. The molecule has 0 bridgehead atoms. The van der Waals surface area contributed by atoms with Gasteiger partial charge in [-0.25, -0.2) is 4.39 Å². The van der Waals surface area contributed by atoms with Crippen molar-refractivity contribution in [3.8, 4) is 10.6 Å². The molecule has 0 saturated heterocycles. The maximum atomic E-state index is 13.7. The van der Waals surface area contributed by atoms with Gasteiger partial charge in [0.2, 0.25) is 5.91 Å². The zero-order valence-corrected chi connectivity index (χ0v) is 20.6. The van der Waals surface area contributed by atoms with E-state index in [0.29, 0.717) is 12.2 Å². The standard InChI is InChI=1S/C27H29FN4O2S/c1-27(26(34)29-17-20-9-11-21(28)12-10-20)18-32-23(16-22(30-32)24-8-5-15-35-24)25(33)31(27)14-13-19-6-3-2-4-7-19/h5-6,8-12,15-16H,2-4,7,13-14,17-18H2,1H3,(H,29,34). The number of nitrogens with zero attached hydrogens (tertiary/aromatic N) is 3. The zero-order valence-electron chi connectivity index (χ0n) is 19.8. The Hall–Kier alpha value is -3.26. The van der Waals surface area contributed by atoms with Gasteiger partial charge in [-0.2, -0.15) is 5.10 Å². The fraction of sp³-hybridized carbons (Fsp3) is 0.370. The van der Waals surface area contributed by atoms with E-state index in [-0.39, 0.29) is 30.7 Å². The minimum absolute atomic E-state index is 0.178. The van der Waals surface area contributed by atoms with E-state index in [1.807, 2.05) is 30.5 Å². The van der Waals surface area contributed by atoms with E-state index >= 15 is 0 Å². The Bertz CT molecular complexity index is 1250. The highest BCUT2D eigenvalue weighted by Crippen LogP contribution is 2.32. The van der Waals surface area contributed by atoms with Crippen LogP contribution in [-0.4, -0.2) is 38.6 Å². The number of thiophene rings is 1. The fourth-order valence-corrected chi connectivity index (χ4v) is 5.58. The first-order chi connectivity index (χ1) is 16.9. The highest BCUT2D eigenvalue weighted by molar-refractivity contribution is 7.13. The average molecular weight is 493 g/mol. The van der Waals surface area contributed by atoms with Crippen LogP contribution in [0.5, 0.6) is 0 Å². The smallest absolute Gasteiger partial charge is 0.273 e. The summed E-state index contributed by atoms with van der Waals surface area (Å²) in [5.74, 6) is -0.741. The number of rotatable bonds is 7. The van der Waals surface area contributed by atoms with Crippen LogP contribution in [0, 0.1) is 5.82 Å². The number of hydrogen-bond donors (Lipinski definition) is 1. The summed E-state index contributed by atoms with van der Waals surface area (Å²) in [5.41, 5.74) is 2.31. The lowest BCUT2D eigenvalue weighted by Crippen LogP contribution is -2.64. The van der Waals surface area contributed by atoms with Gasteiger partial charge in [-0.1, -0.05) is 29.8 Å². The van der Waals surface area contributed by atoms with Crippen molar-refractivity contribution in [1.29, 1.82) is 0 Å². The number of hydrogen-bond acceptors (Lipinski definition) is 4. The van der Waals surface area contributed by atoms with Crippen molar-refractivity contribution >= 4 is 23.2 Å². The number of carbonyl (C=O) groups is 2. The topological polar surface area (TPSA) is 67.2 Å². The molecule has 1 N–H and O–H groups in total. The van der Waals surface area contributed by atoms with Gasteiger partial charge in [0.1, 0.15) is 22.7 Å². The predicted molar refractivity (Wildman–Crippen MR) is 134 cm³/mol. The van der Waals surface area contributed by atoms with Crippen LogP contribution in [-0.2, 0) is 17.9 Å². The van der Waals surface area contributed by atoms with Crippen LogP contribution in [0.2, 0.25) is 0 Å². The van der Waals surface area contributed by atoms with Crippen LogP contribution >= 0.6 is 11.3 Å². The third-order valence-electron chi connectivity index (χ3n) is 6.97. The monoisotopic (exact) mass is 492 g/mol. The molecule has 2 aliphatic rings. The summed E-state index contributed by atoms with van der Waals surface area (Å²) >= 11 is 1.57. The van der Waals surface area contributed by atoms with E-state index in [1.165, 1.54) is 30.5 Å². The first-order valence-electron chi connectivity index (χ1n) is 12.1. The molecule has 2 amide bonds. The second kappa shape index (κ2) is 9.77. The van der Waals surface area contributed by atoms with Crippen LogP contribution in [0.15, 0.2) is 59.5 Å². The van der Waals surface area contributed by atoms with E-state index in [2.05, 4.69) is 16.5 Å². The molecular weight excluding hydrogens is 463 g/mol.